The third kappa shape index (κ3) is 5.08. The zero-order valence-electron chi connectivity index (χ0n) is 24.1. The van der Waals surface area contributed by atoms with Crippen molar-refractivity contribution in [2.45, 2.75) is 58.3 Å². The fourth-order valence-electron chi connectivity index (χ4n) is 5.31. The Balaban J connectivity index is 1.78. The molecule has 0 saturated heterocycles. The summed E-state index contributed by atoms with van der Waals surface area (Å²) in [6.07, 6.45) is 0. The van der Waals surface area contributed by atoms with Crippen molar-refractivity contribution in [3.8, 4) is 22.6 Å². The SMILES string of the molecule is Cc1sc2c(Br)c3ccccc3c(-c3cc(C(C)C)c(OS(=O)(=O)c4ccc(C(=O)O)c(O)c4)c(C(C)C)c3)c2c1C. The van der Waals surface area contributed by atoms with Gasteiger partial charge in [0.05, 0.1) is 4.70 Å². The maximum absolute atomic E-state index is 13.5. The summed E-state index contributed by atoms with van der Waals surface area (Å²) in [5, 5.41) is 22.8. The highest BCUT2D eigenvalue weighted by Gasteiger charge is 2.27. The number of carboxylic acid groups (broad SMARTS) is 1. The van der Waals surface area contributed by atoms with E-state index in [1.165, 1.54) is 20.5 Å². The molecule has 0 bridgehead atoms. The van der Waals surface area contributed by atoms with E-state index < -0.39 is 27.4 Å². The van der Waals surface area contributed by atoms with Crippen LogP contribution in [0.25, 0.3) is 32.0 Å². The molecule has 0 saturated carbocycles. The molecule has 0 spiro atoms. The molecule has 218 valence electrons. The lowest BCUT2D eigenvalue weighted by atomic mass is 9.86. The zero-order chi connectivity index (χ0) is 30.7. The monoisotopic (exact) mass is 666 g/mol. The number of aromatic hydroxyl groups is 1. The van der Waals surface area contributed by atoms with E-state index in [0.717, 1.165) is 55.7 Å². The van der Waals surface area contributed by atoms with Gasteiger partial charge in [0.25, 0.3) is 0 Å². The first-order valence-electron chi connectivity index (χ1n) is 13.5. The summed E-state index contributed by atoms with van der Waals surface area (Å²) in [4.78, 5) is 12.2. The Morgan fingerprint density at radius 2 is 1.52 bits per heavy atom. The van der Waals surface area contributed by atoms with Crippen molar-refractivity contribution in [2.24, 2.45) is 0 Å². The first-order valence-corrected chi connectivity index (χ1v) is 16.5. The van der Waals surface area contributed by atoms with Crippen LogP contribution in [0.1, 0.15) is 71.5 Å². The molecular formula is C33H31BrO6S2. The third-order valence-electron chi connectivity index (χ3n) is 7.63. The van der Waals surface area contributed by atoms with Gasteiger partial charge in [-0.3, -0.25) is 0 Å². The number of benzene rings is 4. The highest BCUT2D eigenvalue weighted by atomic mass is 79.9. The Morgan fingerprint density at radius 3 is 2.07 bits per heavy atom. The highest BCUT2D eigenvalue weighted by Crippen LogP contribution is 2.49. The number of aromatic carboxylic acids is 1. The highest BCUT2D eigenvalue weighted by molar-refractivity contribution is 9.11. The molecule has 6 nitrogen and oxygen atoms in total. The number of hydrogen-bond acceptors (Lipinski definition) is 6. The predicted molar refractivity (Wildman–Crippen MR) is 173 cm³/mol. The van der Waals surface area contributed by atoms with Crippen LogP contribution in [0.15, 0.2) is 64.0 Å². The van der Waals surface area contributed by atoms with E-state index in [1.54, 1.807) is 11.3 Å². The smallest absolute Gasteiger partial charge is 0.339 e. The summed E-state index contributed by atoms with van der Waals surface area (Å²) >= 11 is 5.62. The van der Waals surface area contributed by atoms with Gasteiger partial charge in [-0.15, -0.1) is 11.3 Å². The molecule has 0 unspecified atom stereocenters. The lowest BCUT2D eigenvalue weighted by Crippen LogP contribution is -2.14. The van der Waals surface area contributed by atoms with Gasteiger partial charge in [0.2, 0.25) is 0 Å². The van der Waals surface area contributed by atoms with Crippen molar-refractivity contribution in [3.63, 3.8) is 0 Å². The van der Waals surface area contributed by atoms with Gasteiger partial charge >= 0.3 is 16.1 Å². The van der Waals surface area contributed by atoms with Crippen LogP contribution in [0.3, 0.4) is 0 Å². The van der Waals surface area contributed by atoms with E-state index in [9.17, 15) is 23.4 Å². The fourth-order valence-corrected chi connectivity index (χ4v) is 8.21. The van der Waals surface area contributed by atoms with Crippen LogP contribution in [-0.2, 0) is 10.1 Å². The maximum atomic E-state index is 13.5. The fraction of sp³-hybridized carbons (Fsp3) is 0.242. The van der Waals surface area contributed by atoms with Crippen LogP contribution in [0, 0.1) is 13.8 Å². The standard InChI is InChI=1S/C33H31BrO6S2/c1-16(2)25-13-20(29-22-9-7-8-10-23(22)30(34)32-28(29)18(5)19(6)41-32)14-26(17(3)4)31(25)40-42(38,39)21-11-12-24(33(36)37)27(35)15-21/h7-17,35H,1-6H3,(H,36,37). The van der Waals surface area contributed by atoms with E-state index in [4.69, 9.17) is 4.18 Å². The number of halogens is 1. The minimum atomic E-state index is -4.40. The third-order valence-corrected chi connectivity index (χ3v) is 11.2. The Hall–Kier alpha value is -3.40. The summed E-state index contributed by atoms with van der Waals surface area (Å²) in [5.41, 5.74) is 4.35. The summed E-state index contributed by atoms with van der Waals surface area (Å²) in [7, 11) is -4.40. The molecule has 5 rings (SSSR count). The predicted octanol–water partition coefficient (Wildman–Crippen LogP) is 9.52. The maximum Gasteiger partial charge on any atom is 0.339 e. The minimum Gasteiger partial charge on any atom is -0.507 e. The second kappa shape index (κ2) is 11.0. The molecule has 4 aromatic carbocycles. The van der Waals surface area contributed by atoms with Gasteiger partial charge < -0.3 is 14.4 Å². The van der Waals surface area contributed by atoms with Gasteiger partial charge in [0, 0.05) is 20.8 Å². The van der Waals surface area contributed by atoms with E-state index in [1.807, 2.05) is 52.0 Å². The van der Waals surface area contributed by atoms with E-state index >= 15 is 0 Å². The topological polar surface area (TPSA) is 101 Å². The summed E-state index contributed by atoms with van der Waals surface area (Å²) < 4.78 is 35.1. The normalized spacial score (nSPS) is 12.1. The molecule has 0 aliphatic heterocycles. The van der Waals surface area contributed by atoms with Crippen molar-refractivity contribution in [3.05, 3.63) is 86.2 Å². The van der Waals surface area contributed by atoms with Crippen molar-refractivity contribution >= 4 is 64.2 Å². The molecular weight excluding hydrogens is 636 g/mol. The molecule has 0 atom stereocenters. The number of thiophene rings is 1. The average Bonchev–Trinajstić information content (AvgIpc) is 3.22. The van der Waals surface area contributed by atoms with Gasteiger partial charge in [-0.25, -0.2) is 4.79 Å². The number of fused-ring (bicyclic) bond motifs is 2. The van der Waals surface area contributed by atoms with Crippen LogP contribution < -0.4 is 4.18 Å². The van der Waals surface area contributed by atoms with Crippen LogP contribution in [0.5, 0.6) is 11.5 Å². The number of aryl methyl sites for hydroxylation is 2. The molecule has 0 aliphatic carbocycles. The lowest BCUT2D eigenvalue weighted by Gasteiger charge is -2.23. The van der Waals surface area contributed by atoms with Gasteiger partial charge in [0.15, 0.2) is 0 Å². The molecule has 0 aliphatic rings. The van der Waals surface area contributed by atoms with E-state index in [2.05, 4.69) is 41.9 Å². The molecule has 0 radical (unpaired) electrons. The molecule has 1 aromatic heterocycles. The Labute approximate surface area is 257 Å². The first kappa shape index (κ1) is 30.1. The number of carbonyl (C=O) groups is 1. The van der Waals surface area contributed by atoms with Crippen LogP contribution in [-0.4, -0.2) is 24.6 Å². The van der Waals surface area contributed by atoms with Crippen molar-refractivity contribution in [1.82, 2.24) is 0 Å². The lowest BCUT2D eigenvalue weighted by molar-refractivity contribution is 0.0693. The summed E-state index contributed by atoms with van der Waals surface area (Å²) in [6.45, 7) is 12.2. The van der Waals surface area contributed by atoms with Gasteiger partial charge in [0.1, 0.15) is 22.0 Å². The number of rotatable bonds is 7. The molecule has 1 heterocycles. The van der Waals surface area contributed by atoms with Crippen LogP contribution in [0.4, 0.5) is 0 Å². The average molecular weight is 668 g/mol. The second-order valence-electron chi connectivity index (χ2n) is 11.0. The van der Waals surface area contributed by atoms with Gasteiger partial charge in [-0.1, -0.05) is 52.0 Å². The number of carboxylic acids is 1. The number of phenols is 1. The first-order chi connectivity index (χ1) is 19.7. The van der Waals surface area contributed by atoms with E-state index in [0.29, 0.717) is 0 Å². The molecule has 42 heavy (non-hydrogen) atoms. The van der Waals surface area contributed by atoms with Gasteiger partial charge in [-0.05, 0) is 104 Å². The van der Waals surface area contributed by atoms with Crippen molar-refractivity contribution in [2.75, 3.05) is 0 Å². The minimum absolute atomic E-state index is 0.0852. The quantitative estimate of drug-likeness (QED) is 0.168. The number of hydrogen-bond donors (Lipinski definition) is 2. The van der Waals surface area contributed by atoms with Crippen molar-refractivity contribution < 1.29 is 27.6 Å². The Kier molecular flexibility index (Phi) is 7.89. The Bertz CT molecular complexity index is 1980. The summed E-state index contributed by atoms with van der Waals surface area (Å²) in [6, 6.07) is 15.4. The molecule has 2 N–H and O–H groups in total. The molecule has 9 heteroatoms. The molecule has 0 amide bonds. The van der Waals surface area contributed by atoms with Gasteiger partial charge in [-0.2, -0.15) is 8.42 Å². The Morgan fingerprint density at radius 1 is 0.929 bits per heavy atom. The van der Waals surface area contributed by atoms with E-state index in [-0.39, 0.29) is 22.5 Å². The summed E-state index contributed by atoms with van der Waals surface area (Å²) in [5.74, 6) is -1.93. The zero-order valence-corrected chi connectivity index (χ0v) is 27.3. The van der Waals surface area contributed by atoms with Crippen molar-refractivity contribution in [1.29, 1.82) is 0 Å². The van der Waals surface area contributed by atoms with Crippen LogP contribution in [0.2, 0.25) is 0 Å². The molecule has 0 fully saturated rings. The molecule has 5 aromatic rings. The second-order valence-corrected chi connectivity index (χ2v) is 14.6. The largest absolute Gasteiger partial charge is 0.507 e. The van der Waals surface area contributed by atoms with Crippen LogP contribution >= 0.6 is 27.3 Å².